The van der Waals surface area contributed by atoms with Crippen molar-refractivity contribution >= 4 is 67.4 Å². The molecule has 0 radical (unpaired) electrons. The van der Waals surface area contributed by atoms with Crippen LogP contribution in [0.3, 0.4) is 0 Å². The SMILES string of the molecule is Nc1ccc(Br)c(C(=O)Nc2ccc(I)cc2Cl)c1. The molecular weight excluding hydrogens is 442 g/mol. The van der Waals surface area contributed by atoms with Crippen LogP contribution in [-0.4, -0.2) is 5.91 Å². The quantitative estimate of drug-likeness (QED) is 0.520. The highest BCUT2D eigenvalue weighted by molar-refractivity contribution is 14.1. The van der Waals surface area contributed by atoms with Crippen LogP contribution in [0.1, 0.15) is 10.4 Å². The van der Waals surface area contributed by atoms with E-state index in [2.05, 4.69) is 43.8 Å². The standard InChI is InChI=1S/C13H9BrClIN2O/c14-10-3-2-8(17)6-9(10)13(19)18-12-4-1-7(16)5-11(12)15/h1-6H,17H2,(H,18,19). The predicted molar refractivity (Wildman–Crippen MR) is 90.7 cm³/mol. The van der Waals surface area contributed by atoms with E-state index in [1.165, 1.54) is 0 Å². The molecule has 6 heteroatoms. The highest BCUT2D eigenvalue weighted by Crippen LogP contribution is 2.26. The molecule has 0 aliphatic rings. The van der Waals surface area contributed by atoms with E-state index in [4.69, 9.17) is 17.3 Å². The van der Waals surface area contributed by atoms with Gasteiger partial charge in [-0.2, -0.15) is 0 Å². The number of hydrogen-bond donors (Lipinski definition) is 2. The number of carbonyl (C=O) groups excluding carboxylic acids is 1. The minimum atomic E-state index is -0.262. The minimum absolute atomic E-state index is 0.262. The Labute approximate surface area is 137 Å². The Balaban J connectivity index is 2.28. The Morgan fingerprint density at radius 2 is 2.00 bits per heavy atom. The van der Waals surface area contributed by atoms with Gasteiger partial charge in [0.2, 0.25) is 0 Å². The molecular formula is C13H9BrClIN2O. The third kappa shape index (κ3) is 3.61. The van der Waals surface area contributed by atoms with E-state index in [9.17, 15) is 4.79 Å². The Bertz CT molecular complexity index is 649. The molecule has 0 bridgehead atoms. The molecule has 2 aromatic carbocycles. The minimum Gasteiger partial charge on any atom is -0.399 e. The van der Waals surface area contributed by atoms with E-state index in [1.807, 2.05) is 6.07 Å². The fourth-order valence-electron chi connectivity index (χ4n) is 1.50. The molecule has 2 aromatic rings. The fraction of sp³-hybridized carbons (Fsp3) is 0. The van der Waals surface area contributed by atoms with Crippen LogP contribution in [0.15, 0.2) is 40.9 Å². The first kappa shape index (κ1) is 14.6. The number of nitrogens with one attached hydrogen (secondary N) is 1. The molecule has 0 aliphatic heterocycles. The largest absolute Gasteiger partial charge is 0.399 e. The molecule has 0 unspecified atom stereocenters. The molecule has 0 saturated carbocycles. The molecule has 3 N–H and O–H groups in total. The molecule has 0 saturated heterocycles. The third-order valence-corrected chi connectivity index (χ3v) is 4.09. The lowest BCUT2D eigenvalue weighted by atomic mass is 10.2. The van der Waals surface area contributed by atoms with E-state index in [1.54, 1.807) is 30.3 Å². The zero-order valence-electron chi connectivity index (χ0n) is 9.58. The van der Waals surface area contributed by atoms with Gasteiger partial charge in [-0.05, 0) is 74.9 Å². The van der Waals surface area contributed by atoms with Crippen molar-refractivity contribution in [2.75, 3.05) is 11.1 Å². The first-order valence-electron chi connectivity index (χ1n) is 5.29. The van der Waals surface area contributed by atoms with Crippen molar-refractivity contribution in [3.05, 3.63) is 55.0 Å². The van der Waals surface area contributed by atoms with Gasteiger partial charge in [-0.1, -0.05) is 11.6 Å². The van der Waals surface area contributed by atoms with Gasteiger partial charge in [-0.3, -0.25) is 4.79 Å². The van der Waals surface area contributed by atoms with Crippen LogP contribution >= 0.6 is 50.1 Å². The maximum Gasteiger partial charge on any atom is 0.256 e. The van der Waals surface area contributed by atoms with Crippen LogP contribution in [0.5, 0.6) is 0 Å². The summed E-state index contributed by atoms with van der Waals surface area (Å²) >= 11 is 11.6. The molecule has 0 spiro atoms. The van der Waals surface area contributed by atoms with E-state index in [0.29, 0.717) is 26.4 Å². The van der Waals surface area contributed by atoms with Crippen molar-refractivity contribution in [1.29, 1.82) is 0 Å². The molecule has 19 heavy (non-hydrogen) atoms. The van der Waals surface area contributed by atoms with Gasteiger partial charge in [-0.25, -0.2) is 0 Å². The second-order valence-electron chi connectivity index (χ2n) is 3.82. The van der Waals surface area contributed by atoms with Gasteiger partial charge in [0.25, 0.3) is 5.91 Å². The van der Waals surface area contributed by atoms with Gasteiger partial charge in [0, 0.05) is 13.7 Å². The van der Waals surface area contributed by atoms with Crippen molar-refractivity contribution in [1.82, 2.24) is 0 Å². The number of hydrogen-bond acceptors (Lipinski definition) is 2. The Morgan fingerprint density at radius 1 is 1.26 bits per heavy atom. The lowest BCUT2D eigenvalue weighted by Gasteiger charge is -2.09. The Kier molecular flexibility index (Phi) is 4.70. The van der Waals surface area contributed by atoms with E-state index in [-0.39, 0.29) is 5.91 Å². The van der Waals surface area contributed by atoms with Crippen molar-refractivity contribution in [2.45, 2.75) is 0 Å². The lowest BCUT2D eigenvalue weighted by molar-refractivity contribution is 0.102. The van der Waals surface area contributed by atoms with Gasteiger partial charge in [0.1, 0.15) is 0 Å². The van der Waals surface area contributed by atoms with Gasteiger partial charge in [0.05, 0.1) is 16.3 Å². The number of rotatable bonds is 2. The highest BCUT2D eigenvalue weighted by atomic mass is 127. The number of halogens is 3. The number of nitrogens with two attached hydrogens (primary N) is 1. The van der Waals surface area contributed by atoms with Crippen LogP contribution in [0.25, 0.3) is 0 Å². The zero-order valence-corrected chi connectivity index (χ0v) is 14.1. The first-order chi connectivity index (χ1) is 8.97. The predicted octanol–water partition coefficient (Wildman–Crippen LogP) is 4.54. The van der Waals surface area contributed by atoms with Crippen LogP contribution in [-0.2, 0) is 0 Å². The number of benzene rings is 2. The van der Waals surface area contributed by atoms with Gasteiger partial charge >= 0.3 is 0 Å². The molecule has 0 aliphatic carbocycles. The summed E-state index contributed by atoms with van der Waals surface area (Å²) in [7, 11) is 0. The van der Waals surface area contributed by atoms with Crippen molar-refractivity contribution in [2.24, 2.45) is 0 Å². The van der Waals surface area contributed by atoms with E-state index < -0.39 is 0 Å². The number of anilines is 2. The summed E-state index contributed by atoms with van der Waals surface area (Å²) in [6.07, 6.45) is 0. The van der Waals surface area contributed by atoms with Gasteiger partial charge in [-0.15, -0.1) is 0 Å². The Morgan fingerprint density at radius 3 is 2.68 bits per heavy atom. The van der Waals surface area contributed by atoms with Gasteiger partial charge in [0.15, 0.2) is 0 Å². The first-order valence-corrected chi connectivity index (χ1v) is 7.54. The monoisotopic (exact) mass is 450 g/mol. The van der Waals surface area contributed by atoms with Crippen molar-refractivity contribution in [3.63, 3.8) is 0 Å². The second kappa shape index (κ2) is 6.11. The Hall–Kier alpha value is -0.790. The molecule has 0 aromatic heterocycles. The maximum absolute atomic E-state index is 12.2. The summed E-state index contributed by atoms with van der Waals surface area (Å²) in [5.74, 6) is -0.262. The zero-order chi connectivity index (χ0) is 14.0. The summed E-state index contributed by atoms with van der Waals surface area (Å²) in [5, 5.41) is 3.26. The average molecular weight is 451 g/mol. The molecule has 98 valence electrons. The lowest BCUT2D eigenvalue weighted by Crippen LogP contribution is -2.13. The summed E-state index contributed by atoms with van der Waals surface area (Å²) in [4.78, 5) is 12.2. The summed E-state index contributed by atoms with van der Waals surface area (Å²) in [5.41, 5.74) is 7.25. The summed E-state index contributed by atoms with van der Waals surface area (Å²) < 4.78 is 1.69. The number of amides is 1. The fourth-order valence-corrected chi connectivity index (χ4v) is 2.83. The number of carbonyl (C=O) groups is 1. The van der Waals surface area contributed by atoms with Crippen molar-refractivity contribution in [3.8, 4) is 0 Å². The van der Waals surface area contributed by atoms with E-state index in [0.717, 1.165) is 3.57 Å². The molecule has 1 amide bonds. The summed E-state index contributed by atoms with van der Waals surface area (Å²) in [6, 6.07) is 10.5. The van der Waals surface area contributed by atoms with Gasteiger partial charge < -0.3 is 11.1 Å². The number of nitrogen functional groups attached to an aromatic ring is 1. The van der Waals surface area contributed by atoms with E-state index >= 15 is 0 Å². The molecule has 0 fully saturated rings. The van der Waals surface area contributed by atoms with Crippen molar-refractivity contribution < 1.29 is 4.79 Å². The topological polar surface area (TPSA) is 55.1 Å². The van der Waals surface area contributed by atoms with Crippen LogP contribution in [0.4, 0.5) is 11.4 Å². The summed E-state index contributed by atoms with van der Waals surface area (Å²) in [6.45, 7) is 0. The molecule has 2 rings (SSSR count). The average Bonchev–Trinajstić information content (AvgIpc) is 2.35. The molecule has 3 nitrogen and oxygen atoms in total. The van der Waals surface area contributed by atoms with Crippen LogP contribution in [0.2, 0.25) is 5.02 Å². The maximum atomic E-state index is 12.2. The normalized spacial score (nSPS) is 10.3. The van der Waals surface area contributed by atoms with Crippen LogP contribution in [0, 0.1) is 3.57 Å². The third-order valence-electron chi connectivity index (χ3n) is 2.41. The van der Waals surface area contributed by atoms with Crippen LogP contribution < -0.4 is 11.1 Å². The molecule has 0 atom stereocenters. The molecule has 0 heterocycles. The second-order valence-corrected chi connectivity index (χ2v) is 6.32. The highest BCUT2D eigenvalue weighted by Gasteiger charge is 2.12. The smallest absolute Gasteiger partial charge is 0.256 e.